The van der Waals surface area contributed by atoms with E-state index in [4.69, 9.17) is 5.26 Å². The summed E-state index contributed by atoms with van der Waals surface area (Å²) < 4.78 is 27.8. The number of nitrogens with zero attached hydrogens (tertiary/aromatic N) is 2. The topological polar surface area (TPSA) is 39.1 Å². The lowest BCUT2D eigenvalue weighted by Gasteiger charge is -2.19. The first-order valence-corrected chi connectivity index (χ1v) is 7.13. The van der Waals surface area contributed by atoms with E-state index in [1.54, 1.807) is 6.07 Å². The Balaban J connectivity index is 1.72. The summed E-state index contributed by atoms with van der Waals surface area (Å²) in [6.07, 6.45) is 0.799. The van der Waals surface area contributed by atoms with Gasteiger partial charge in [0.1, 0.15) is 5.69 Å². The molecule has 1 saturated heterocycles. The third kappa shape index (κ3) is 2.86. The van der Waals surface area contributed by atoms with E-state index < -0.39 is 11.6 Å². The van der Waals surface area contributed by atoms with Crippen LogP contribution in [0.4, 0.5) is 20.2 Å². The Labute approximate surface area is 127 Å². The quantitative estimate of drug-likeness (QED) is 0.942. The van der Waals surface area contributed by atoms with Crippen molar-refractivity contribution in [2.75, 3.05) is 23.3 Å². The van der Waals surface area contributed by atoms with Crippen molar-refractivity contribution in [3.63, 3.8) is 0 Å². The first kappa shape index (κ1) is 14.3. The maximum absolute atomic E-state index is 13.9. The molecule has 1 heterocycles. The van der Waals surface area contributed by atoms with Crippen molar-refractivity contribution in [3.8, 4) is 6.07 Å². The molecule has 3 nitrogen and oxygen atoms in total. The molecule has 112 valence electrons. The number of para-hydroxylation sites is 1. The standard InChI is InChI=1S/C17H15F2N3/c18-15-8-12(10-20)9-16(19)17(15)21-13-6-7-22(11-13)14-4-2-1-3-5-14/h1-5,8-9,13,21H,6-7,11H2. The summed E-state index contributed by atoms with van der Waals surface area (Å²) in [7, 11) is 0. The number of halogens is 2. The van der Waals surface area contributed by atoms with Gasteiger partial charge < -0.3 is 10.2 Å². The fraction of sp³-hybridized carbons (Fsp3) is 0.235. The first-order chi connectivity index (χ1) is 10.7. The molecular formula is C17H15F2N3. The molecule has 0 spiro atoms. The van der Waals surface area contributed by atoms with Crippen LogP contribution >= 0.6 is 0 Å². The molecule has 1 aliphatic rings. The Morgan fingerprint density at radius 1 is 1.14 bits per heavy atom. The van der Waals surface area contributed by atoms with E-state index in [0.717, 1.165) is 30.8 Å². The fourth-order valence-electron chi connectivity index (χ4n) is 2.73. The lowest BCUT2D eigenvalue weighted by molar-refractivity contribution is 0.582. The number of hydrogen-bond acceptors (Lipinski definition) is 3. The molecule has 0 aliphatic carbocycles. The van der Waals surface area contributed by atoms with Gasteiger partial charge in [-0.15, -0.1) is 0 Å². The van der Waals surface area contributed by atoms with Crippen molar-refractivity contribution >= 4 is 11.4 Å². The van der Waals surface area contributed by atoms with Crippen LogP contribution in [0.1, 0.15) is 12.0 Å². The predicted molar refractivity (Wildman–Crippen MR) is 81.8 cm³/mol. The summed E-state index contributed by atoms with van der Waals surface area (Å²) in [4.78, 5) is 2.18. The molecule has 2 aromatic carbocycles. The average molecular weight is 299 g/mol. The average Bonchev–Trinajstić information content (AvgIpc) is 3.00. The van der Waals surface area contributed by atoms with E-state index in [2.05, 4.69) is 10.2 Å². The van der Waals surface area contributed by atoms with Crippen molar-refractivity contribution in [1.29, 1.82) is 5.26 Å². The van der Waals surface area contributed by atoms with E-state index in [1.165, 1.54) is 0 Å². The molecule has 0 amide bonds. The molecule has 0 aromatic heterocycles. The molecule has 1 N–H and O–H groups in total. The monoisotopic (exact) mass is 299 g/mol. The van der Waals surface area contributed by atoms with Crippen LogP contribution in [-0.4, -0.2) is 19.1 Å². The number of rotatable bonds is 3. The first-order valence-electron chi connectivity index (χ1n) is 7.13. The van der Waals surface area contributed by atoms with Crippen LogP contribution in [0.5, 0.6) is 0 Å². The van der Waals surface area contributed by atoms with Crippen molar-refractivity contribution in [1.82, 2.24) is 0 Å². The molecule has 22 heavy (non-hydrogen) atoms. The summed E-state index contributed by atoms with van der Waals surface area (Å²) >= 11 is 0. The second kappa shape index (κ2) is 6.02. The zero-order valence-electron chi connectivity index (χ0n) is 11.9. The van der Waals surface area contributed by atoms with E-state index in [1.807, 2.05) is 30.3 Å². The SMILES string of the molecule is N#Cc1cc(F)c(NC2CCN(c3ccccc3)C2)c(F)c1. The van der Waals surface area contributed by atoms with Crippen LogP contribution < -0.4 is 10.2 Å². The van der Waals surface area contributed by atoms with Crippen molar-refractivity contribution in [3.05, 3.63) is 59.7 Å². The van der Waals surface area contributed by atoms with E-state index in [0.29, 0.717) is 6.54 Å². The lowest BCUT2D eigenvalue weighted by Crippen LogP contribution is -2.26. The Bertz CT molecular complexity index is 687. The van der Waals surface area contributed by atoms with Gasteiger partial charge in [0.15, 0.2) is 11.6 Å². The maximum Gasteiger partial charge on any atom is 0.150 e. The van der Waals surface area contributed by atoms with E-state index in [9.17, 15) is 8.78 Å². The van der Waals surface area contributed by atoms with Crippen molar-refractivity contribution in [2.24, 2.45) is 0 Å². The summed E-state index contributed by atoms with van der Waals surface area (Å²) in [5.41, 5.74) is 0.935. The van der Waals surface area contributed by atoms with Gasteiger partial charge in [-0.05, 0) is 30.7 Å². The van der Waals surface area contributed by atoms with Crippen LogP contribution in [0.25, 0.3) is 0 Å². The minimum Gasteiger partial charge on any atom is -0.376 e. The third-order valence-electron chi connectivity index (χ3n) is 3.83. The smallest absolute Gasteiger partial charge is 0.150 e. The second-order valence-corrected chi connectivity index (χ2v) is 5.34. The predicted octanol–water partition coefficient (Wildman–Crippen LogP) is 3.53. The molecule has 0 bridgehead atoms. The number of hydrogen-bond donors (Lipinski definition) is 1. The normalized spacial score (nSPS) is 17.3. The van der Waals surface area contributed by atoms with E-state index in [-0.39, 0.29) is 17.3 Å². The Morgan fingerprint density at radius 3 is 2.45 bits per heavy atom. The fourth-order valence-corrected chi connectivity index (χ4v) is 2.73. The van der Waals surface area contributed by atoms with Gasteiger partial charge in [0.05, 0.1) is 11.6 Å². The van der Waals surface area contributed by atoms with Gasteiger partial charge in [-0.25, -0.2) is 8.78 Å². The highest BCUT2D eigenvalue weighted by molar-refractivity contribution is 5.53. The molecule has 3 rings (SSSR count). The van der Waals surface area contributed by atoms with Crippen LogP contribution in [0.3, 0.4) is 0 Å². The summed E-state index contributed by atoms with van der Waals surface area (Å²) in [6.45, 7) is 1.52. The minimum atomic E-state index is -0.727. The van der Waals surface area contributed by atoms with Crippen LogP contribution in [0.15, 0.2) is 42.5 Å². The third-order valence-corrected chi connectivity index (χ3v) is 3.83. The highest BCUT2D eigenvalue weighted by atomic mass is 19.1. The highest BCUT2D eigenvalue weighted by Crippen LogP contribution is 2.25. The number of nitriles is 1. The molecule has 0 radical (unpaired) electrons. The number of anilines is 2. The Morgan fingerprint density at radius 2 is 1.82 bits per heavy atom. The Kier molecular flexibility index (Phi) is 3.92. The summed E-state index contributed by atoms with van der Waals surface area (Å²) in [5, 5.41) is 11.6. The van der Waals surface area contributed by atoms with Gasteiger partial charge in [-0.2, -0.15) is 5.26 Å². The Hall–Kier alpha value is -2.61. The molecule has 0 saturated carbocycles. The largest absolute Gasteiger partial charge is 0.376 e. The zero-order valence-corrected chi connectivity index (χ0v) is 11.9. The van der Waals surface area contributed by atoms with Crippen molar-refractivity contribution in [2.45, 2.75) is 12.5 Å². The number of benzene rings is 2. The van der Waals surface area contributed by atoms with E-state index >= 15 is 0 Å². The zero-order chi connectivity index (χ0) is 15.5. The van der Waals surface area contributed by atoms with Gasteiger partial charge in [0.2, 0.25) is 0 Å². The van der Waals surface area contributed by atoms with Gasteiger partial charge in [0.25, 0.3) is 0 Å². The van der Waals surface area contributed by atoms with Crippen LogP contribution in [-0.2, 0) is 0 Å². The van der Waals surface area contributed by atoms with Gasteiger partial charge in [0, 0.05) is 24.8 Å². The van der Waals surface area contributed by atoms with Crippen LogP contribution in [0.2, 0.25) is 0 Å². The minimum absolute atomic E-state index is 0.0158. The molecule has 5 heteroatoms. The summed E-state index contributed by atoms with van der Waals surface area (Å²) in [6, 6.07) is 13.7. The molecule has 1 unspecified atom stereocenters. The molecular weight excluding hydrogens is 284 g/mol. The van der Waals surface area contributed by atoms with Gasteiger partial charge >= 0.3 is 0 Å². The van der Waals surface area contributed by atoms with Crippen molar-refractivity contribution < 1.29 is 8.78 Å². The molecule has 1 fully saturated rings. The number of nitrogens with one attached hydrogen (secondary N) is 1. The second-order valence-electron chi connectivity index (χ2n) is 5.34. The maximum atomic E-state index is 13.9. The molecule has 1 aliphatic heterocycles. The molecule has 2 aromatic rings. The van der Waals surface area contributed by atoms with Gasteiger partial charge in [-0.1, -0.05) is 18.2 Å². The molecule has 1 atom stereocenters. The van der Waals surface area contributed by atoms with Crippen LogP contribution in [0, 0.1) is 23.0 Å². The summed E-state index contributed by atoms with van der Waals surface area (Å²) in [5.74, 6) is -1.45. The van der Waals surface area contributed by atoms with Gasteiger partial charge in [-0.3, -0.25) is 0 Å². The lowest BCUT2D eigenvalue weighted by atomic mass is 10.1. The highest BCUT2D eigenvalue weighted by Gasteiger charge is 2.24.